The molecule has 0 aliphatic rings. The van der Waals surface area contributed by atoms with Gasteiger partial charge in [0.15, 0.2) is 11.5 Å². The third kappa shape index (κ3) is 4.47. The number of benzene rings is 1. The summed E-state index contributed by atoms with van der Waals surface area (Å²) in [6.07, 6.45) is 2.52. The third-order valence-corrected chi connectivity index (χ3v) is 3.67. The molecule has 5 nitrogen and oxygen atoms in total. The highest BCUT2D eigenvalue weighted by Gasteiger charge is 2.14. The van der Waals surface area contributed by atoms with Gasteiger partial charge in [-0.15, -0.1) is 0 Å². The summed E-state index contributed by atoms with van der Waals surface area (Å²) >= 11 is 0. The van der Waals surface area contributed by atoms with Crippen LogP contribution in [0.3, 0.4) is 0 Å². The number of aromatic nitrogens is 1. The molecule has 5 heteroatoms. The van der Waals surface area contributed by atoms with E-state index in [0.29, 0.717) is 23.7 Å². The number of ether oxygens (including phenoxy) is 2. The van der Waals surface area contributed by atoms with Crippen molar-refractivity contribution in [1.82, 2.24) is 10.3 Å². The number of carbonyl (C=O) groups excluding carboxylic acids is 1. The van der Waals surface area contributed by atoms with Crippen molar-refractivity contribution in [3.63, 3.8) is 0 Å². The van der Waals surface area contributed by atoms with E-state index >= 15 is 0 Å². The number of nitrogens with zero attached hydrogens (tertiary/aromatic N) is 1. The number of hydrogen-bond acceptors (Lipinski definition) is 4. The van der Waals surface area contributed by atoms with Gasteiger partial charge < -0.3 is 14.8 Å². The minimum absolute atomic E-state index is 0.153. The molecule has 0 unspecified atom stereocenters. The summed E-state index contributed by atoms with van der Waals surface area (Å²) in [5, 5.41) is 2.97. The molecule has 0 bridgehead atoms. The molecule has 1 atom stereocenters. The minimum atomic E-state index is -0.159. The predicted octanol–water partition coefficient (Wildman–Crippen LogP) is 3.68. The van der Waals surface area contributed by atoms with Gasteiger partial charge in [-0.3, -0.25) is 9.78 Å². The SMILES string of the molecule is CCCOc1ccc([C@H](C)NC(=O)c2ccc(C)nc2)cc1OC. The Morgan fingerprint density at radius 1 is 1.25 bits per heavy atom. The first-order valence-corrected chi connectivity index (χ1v) is 8.09. The first kappa shape index (κ1) is 17.8. The lowest BCUT2D eigenvalue weighted by Gasteiger charge is -2.17. The summed E-state index contributed by atoms with van der Waals surface area (Å²) in [6.45, 7) is 6.51. The molecule has 0 fully saturated rings. The maximum absolute atomic E-state index is 12.3. The van der Waals surface area contributed by atoms with Gasteiger partial charge in [0.05, 0.1) is 25.3 Å². The zero-order valence-corrected chi connectivity index (χ0v) is 14.6. The van der Waals surface area contributed by atoms with E-state index in [9.17, 15) is 4.79 Å². The number of nitrogens with one attached hydrogen (secondary N) is 1. The Bertz CT molecular complexity index is 684. The highest BCUT2D eigenvalue weighted by molar-refractivity contribution is 5.94. The van der Waals surface area contributed by atoms with Crippen LogP contribution in [0.15, 0.2) is 36.5 Å². The number of hydrogen-bond donors (Lipinski definition) is 1. The number of carbonyl (C=O) groups is 1. The first-order valence-electron chi connectivity index (χ1n) is 8.09. The van der Waals surface area contributed by atoms with Gasteiger partial charge in [-0.1, -0.05) is 13.0 Å². The van der Waals surface area contributed by atoms with Crippen LogP contribution < -0.4 is 14.8 Å². The second-order valence-electron chi connectivity index (χ2n) is 5.64. The number of aryl methyl sites for hydroxylation is 1. The van der Waals surface area contributed by atoms with Gasteiger partial charge in [-0.2, -0.15) is 0 Å². The van der Waals surface area contributed by atoms with Crippen LogP contribution in [0.1, 0.15) is 47.9 Å². The molecule has 24 heavy (non-hydrogen) atoms. The van der Waals surface area contributed by atoms with Crippen LogP contribution in [0.4, 0.5) is 0 Å². The Kier molecular flexibility index (Phi) is 6.18. The van der Waals surface area contributed by atoms with E-state index in [4.69, 9.17) is 9.47 Å². The number of pyridine rings is 1. The molecule has 1 N–H and O–H groups in total. The predicted molar refractivity (Wildman–Crippen MR) is 93.6 cm³/mol. The molecule has 2 aromatic rings. The van der Waals surface area contributed by atoms with Crippen LogP contribution in [0, 0.1) is 6.92 Å². The summed E-state index contributed by atoms with van der Waals surface area (Å²) in [4.78, 5) is 16.4. The van der Waals surface area contributed by atoms with Gasteiger partial charge in [-0.25, -0.2) is 0 Å². The zero-order valence-electron chi connectivity index (χ0n) is 14.6. The summed E-state index contributed by atoms with van der Waals surface area (Å²) < 4.78 is 11.0. The molecular formula is C19H24N2O3. The monoisotopic (exact) mass is 328 g/mol. The Balaban J connectivity index is 2.09. The molecule has 1 aromatic heterocycles. The molecule has 0 radical (unpaired) electrons. The van der Waals surface area contributed by atoms with Crippen molar-refractivity contribution >= 4 is 5.91 Å². The van der Waals surface area contributed by atoms with E-state index in [1.807, 2.05) is 38.1 Å². The van der Waals surface area contributed by atoms with E-state index in [2.05, 4.69) is 17.2 Å². The zero-order chi connectivity index (χ0) is 17.5. The fourth-order valence-corrected chi connectivity index (χ4v) is 2.25. The van der Waals surface area contributed by atoms with Gasteiger partial charge in [0.25, 0.3) is 5.91 Å². The van der Waals surface area contributed by atoms with Crippen LogP contribution in [-0.2, 0) is 0 Å². The highest BCUT2D eigenvalue weighted by atomic mass is 16.5. The Morgan fingerprint density at radius 2 is 2.04 bits per heavy atom. The lowest BCUT2D eigenvalue weighted by Crippen LogP contribution is -2.26. The molecule has 0 spiro atoms. The molecule has 2 rings (SSSR count). The van der Waals surface area contributed by atoms with Gasteiger partial charge in [0.2, 0.25) is 0 Å². The third-order valence-electron chi connectivity index (χ3n) is 3.67. The topological polar surface area (TPSA) is 60.5 Å². The molecule has 1 heterocycles. The molecule has 0 aliphatic carbocycles. The number of amides is 1. The second-order valence-corrected chi connectivity index (χ2v) is 5.64. The van der Waals surface area contributed by atoms with Gasteiger partial charge in [0.1, 0.15) is 0 Å². The average molecular weight is 328 g/mol. The molecular weight excluding hydrogens is 304 g/mol. The van der Waals surface area contributed by atoms with Crippen molar-refractivity contribution in [3.05, 3.63) is 53.3 Å². The summed E-state index contributed by atoms with van der Waals surface area (Å²) in [5.74, 6) is 1.23. The second kappa shape index (κ2) is 8.34. The lowest BCUT2D eigenvalue weighted by atomic mass is 10.1. The van der Waals surface area contributed by atoms with Crippen LogP contribution in [0.25, 0.3) is 0 Å². The van der Waals surface area contributed by atoms with Gasteiger partial charge in [-0.05, 0) is 50.1 Å². The Hall–Kier alpha value is -2.56. The van der Waals surface area contributed by atoms with Crippen molar-refractivity contribution in [3.8, 4) is 11.5 Å². The van der Waals surface area contributed by atoms with Crippen molar-refractivity contribution < 1.29 is 14.3 Å². The van der Waals surface area contributed by atoms with Crippen LogP contribution in [0.5, 0.6) is 11.5 Å². The van der Waals surface area contributed by atoms with Gasteiger partial charge in [0, 0.05) is 11.9 Å². The van der Waals surface area contributed by atoms with E-state index < -0.39 is 0 Å². The van der Waals surface area contributed by atoms with Crippen LogP contribution >= 0.6 is 0 Å². The summed E-state index contributed by atoms with van der Waals surface area (Å²) in [6, 6.07) is 9.14. The standard InChI is InChI=1S/C19H24N2O3/c1-5-10-24-17-9-8-15(11-18(17)23-4)14(3)21-19(22)16-7-6-13(2)20-12-16/h6-9,11-12,14H,5,10H2,1-4H3,(H,21,22)/t14-/m0/s1. The van der Waals surface area contributed by atoms with Crippen LogP contribution in [-0.4, -0.2) is 24.6 Å². The normalized spacial score (nSPS) is 11.7. The quantitative estimate of drug-likeness (QED) is 0.842. The number of methoxy groups -OCH3 is 1. The summed E-state index contributed by atoms with van der Waals surface area (Å²) in [5.41, 5.74) is 2.37. The Morgan fingerprint density at radius 3 is 2.67 bits per heavy atom. The molecule has 0 aliphatic heterocycles. The fraction of sp³-hybridized carbons (Fsp3) is 0.368. The molecule has 0 saturated carbocycles. The maximum atomic E-state index is 12.3. The largest absolute Gasteiger partial charge is 0.493 e. The lowest BCUT2D eigenvalue weighted by molar-refractivity contribution is 0.0939. The average Bonchev–Trinajstić information content (AvgIpc) is 2.60. The molecule has 128 valence electrons. The minimum Gasteiger partial charge on any atom is -0.493 e. The van der Waals surface area contributed by atoms with Crippen molar-refractivity contribution in [2.45, 2.75) is 33.2 Å². The van der Waals surface area contributed by atoms with Crippen molar-refractivity contribution in [2.24, 2.45) is 0 Å². The van der Waals surface area contributed by atoms with E-state index in [0.717, 1.165) is 17.7 Å². The first-order chi connectivity index (χ1) is 11.5. The summed E-state index contributed by atoms with van der Waals surface area (Å²) in [7, 11) is 1.61. The van der Waals surface area contributed by atoms with Crippen molar-refractivity contribution in [1.29, 1.82) is 0 Å². The Labute approximate surface area is 143 Å². The highest BCUT2D eigenvalue weighted by Crippen LogP contribution is 2.30. The fourth-order valence-electron chi connectivity index (χ4n) is 2.25. The smallest absolute Gasteiger partial charge is 0.253 e. The van der Waals surface area contributed by atoms with Crippen LogP contribution in [0.2, 0.25) is 0 Å². The molecule has 0 saturated heterocycles. The molecule has 1 aromatic carbocycles. The van der Waals surface area contributed by atoms with E-state index in [1.165, 1.54) is 0 Å². The van der Waals surface area contributed by atoms with E-state index in [1.54, 1.807) is 19.4 Å². The van der Waals surface area contributed by atoms with Crippen molar-refractivity contribution in [2.75, 3.05) is 13.7 Å². The maximum Gasteiger partial charge on any atom is 0.253 e. The molecule has 1 amide bonds. The van der Waals surface area contributed by atoms with Gasteiger partial charge >= 0.3 is 0 Å². The number of rotatable bonds is 7. The van der Waals surface area contributed by atoms with E-state index in [-0.39, 0.29) is 11.9 Å².